The van der Waals surface area contributed by atoms with Crippen molar-refractivity contribution in [1.29, 1.82) is 0 Å². The number of aliphatic hydroxyl groups is 1. The number of carbonyl (C=O) groups excluding carboxylic acids is 1. The van der Waals surface area contributed by atoms with Crippen LogP contribution in [0.4, 0.5) is 5.69 Å². The summed E-state index contributed by atoms with van der Waals surface area (Å²) in [5, 5.41) is 30.5. The van der Waals surface area contributed by atoms with Crippen molar-refractivity contribution >= 4 is 11.6 Å². The van der Waals surface area contributed by atoms with Crippen molar-refractivity contribution in [2.45, 2.75) is 44.1 Å². The SMILES string of the molecule is CCCCCN1C(=O)C2(CC(O)c3cc(O)c(O)cc32)c2ccccc21. The number of phenolic OH excluding ortho intramolecular Hbond substituents is 2. The van der Waals surface area contributed by atoms with Crippen LogP contribution in [0, 0.1) is 0 Å². The fourth-order valence-electron chi connectivity index (χ4n) is 4.47. The number of nitrogens with zero attached hydrogens (tertiary/aromatic N) is 1. The van der Waals surface area contributed by atoms with Gasteiger partial charge in [-0.2, -0.15) is 0 Å². The number of amides is 1. The molecule has 0 aromatic heterocycles. The first kappa shape index (κ1) is 16.9. The first-order chi connectivity index (χ1) is 12.5. The van der Waals surface area contributed by atoms with Crippen LogP contribution in [0.1, 0.15) is 55.4 Å². The predicted octanol–water partition coefficient (Wildman–Crippen LogP) is 3.36. The van der Waals surface area contributed by atoms with Crippen LogP contribution in [0.2, 0.25) is 0 Å². The summed E-state index contributed by atoms with van der Waals surface area (Å²) in [6.07, 6.45) is 2.41. The molecule has 0 saturated carbocycles. The van der Waals surface area contributed by atoms with Crippen LogP contribution >= 0.6 is 0 Å². The van der Waals surface area contributed by atoms with Gasteiger partial charge in [0.15, 0.2) is 11.5 Å². The second-order valence-corrected chi connectivity index (χ2v) is 7.23. The number of anilines is 1. The van der Waals surface area contributed by atoms with Gasteiger partial charge in [0.05, 0.1) is 6.10 Å². The number of hydrogen-bond donors (Lipinski definition) is 3. The Hall–Kier alpha value is -2.53. The third kappa shape index (κ3) is 2.16. The molecule has 2 aliphatic rings. The molecule has 1 aliphatic heterocycles. The Morgan fingerprint density at radius 3 is 2.62 bits per heavy atom. The topological polar surface area (TPSA) is 81.0 Å². The first-order valence-electron chi connectivity index (χ1n) is 9.16. The molecule has 2 aromatic rings. The summed E-state index contributed by atoms with van der Waals surface area (Å²) in [7, 11) is 0. The number of unbranched alkanes of at least 4 members (excludes halogenated alkanes) is 2. The highest BCUT2D eigenvalue weighted by atomic mass is 16.3. The maximum Gasteiger partial charge on any atom is 0.242 e. The van der Waals surface area contributed by atoms with Gasteiger partial charge in [-0.05, 0) is 41.3 Å². The summed E-state index contributed by atoms with van der Waals surface area (Å²) in [4.78, 5) is 15.4. The monoisotopic (exact) mass is 353 g/mol. The summed E-state index contributed by atoms with van der Waals surface area (Å²) in [5.74, 6) is -0.608. The molecular weight excluding hydrogens is 330 g/mol. The smallest absolute Gasteiger partial charge is 0.242 e. The lowest BCUT2D eigenvalue weighted by atomic mass is 9.76. The standard InChI is InChI=1S/C21H23NO4/c1-2-3-6-9-22-16-8-5-4-7-14(16)21(20(22)26)12-19(25)13-10-17(23)18(24)11-15(13)21/h4-5,7-8,10-11,19,23-25H,2-3,6,9,12H2,1H3. The lowest BCUT2D eigenvalue weighted by Gasteiger charge is -2.25. The van der Waals surface area contributed by atoms with E-state index >= 15 is 0 Å². The molecule has 1 heterocycles. The summed E-state index contributed by atoms with van der Waals surface area (Å²) in [5.41, 5.74) is 1.85. The number of rotatable bonds is 4. The molecule has 26 heavy (non-hydrogen) atoms. The lowest BCUT2D eigenvalue weighted by molar-refractivity contribution is -0.122. The van der Waals surface area contributed by atoms with Crippen LogP contribution in [-0.2, 0) is 10.2 Å². The van der Waals surface area contributed by atoms with E-state index in [2.05, 4.69) is 6.92 Å². The second kappa shape index (κ2) is 6.02. The van der Waals surface area contributed by atoms with E-state index in [0.717, 1.165) is 30.5 Å². The zero-order chi connectivity index (χ0) is 18.5. The number of phenols is 2. The van der Waals surface area contributed by atoms with Crippen molar-refractivity contribution < 1.29 is 20.1 Å². The second-order valence-electron chi connectivity index (χ2n) is 7.23. The van der Waals surface area contributed by atoms with Crippen molar-refractivity contribution in [3.05, 3.63) is 53.1 Å². The number of hydrogen-bond acceptors (Lipinski definition) is 4. The van der Waals surface area contributed by atoms with Crippen LogP contribution in [0.15, 0.2) is 36.4 Å². The first-order valence-corrected chi connectivity index (χ1v) is 9.16. The number of aliphatic hydroxyl groups excluding tert-OH is 1. The van der Waals surface area contributed by atoms with Gasteiger partial charge in [0.2, 0.25) is 5.91 Å². The third-order valence-corrected chi connectivity index (χ3v) is 5.72. The van der Waals surface area contributed by atoms with E-state index in [9.17, 15) is 20.1 Å². The molecule has 2 atom stereocenters. The van der Waals surface area contributed by atoms with Crippen LogP contribution in [0.25, 0.3) is 0 Å². The van der Waals surface area contributed by atoms with E-state index in [1.807, 2.05) is 29.2 Å². The highest BCUT2D eigenvalue weighted by Gasteiger charge is 2.57. The molecule has 5 nitrogen and oxygen atoms in total. The Morgan fingerprint density at radius 1 is 1.12 bits per heavy atom. The summed E-state index contributed by atoms with van der Waals surface area (Å²) in [6.45, 7) is 2.76. The molecule has 136 valence electrons. The summed E-state index contributed by atoms with van der Waals surface area (Å²) < 4.78 is 0. The third-order valence-electron chi connectivity index (χ3n) is 5.72. The van der Waals surface area contributed by atoms with Gasteiger partial charge in [0.1, 0.15) is 5.41 Å². The van der Waals surface area contributed by atoms with Crippen LogP contribution in [0.5, 0.6) is 11.5 Å². The van der Waals surface area contributed by atoms with Gasteiger partial charge < -0.3 is 20.2 Å². The fraction of sp³-hybridized carbons (Fsp3) is 0.381. The Labute approximate surface area is 152 Å². The van der Waals surface area contributed by atoms with Crippen molar-refractivity contribution in [3.8, 4) is 11.5 Å². The molecule has 1 aliphatic carbocycles. The van der Waals surface area contributed by atoms with Crippen molar-refractivity contribution in [2.75, 3.05) is 11.4 Å². The minimum Gasteiger partial charge on any atom is -0.504 e. The molecule has 1 spiro atoms. The zero-order valence-electron chi connectivity index (χ0n) is 14.8. The van der Waals surface area contributed by atoms with Gasteiger partial charge in [-0.1, -0.05) is 38.0 Å². The average Bonchev–Trinajstić information content (AvgIpc) is 3.04. The van der Waals surface area contributed by atoms with E-state index in [4.69, 9.17) is 0 Å². The average molecular weight is 353 g/mol. The molecule has 2 aromatic carbocycles. The van der Waals surface area contributed by atoms with Crippen LogP contribution < -0.4 is 4.90 Å². The molecule has 0 radical (unpaired) electrons. The molecule has 3 N–H and O–H groups in total. The molecule has 0 bridgehead atoms. The Balaban J connectivity index is 1.88. The zero-order valence-corrected chi connectivity index (χ0v) is 14.8. The minimum absolute atomic E-state index is 0.0577. The maximum absolute atomic E-state index is 13.6. The van der Waals surface area contributed by atoms with Crippen molar-refractivity contribution in [2.24, 2.45) is 0 Å². The van der Waals surface area contributed by atoms with Crippen LogP contribution in [0.3, 0.4) is 0 Å². The van der Waals surface area contributed by atoms with Gasteiger partial charge in [0.25, 0.3) is 0 Å². The molecule has 5 heteroatoms. The van der Waals surface area contributed by atoms with Crippen molar-refractivity contribution in [1.82, 2.24) is 0 Å². The highest BCUT2D eigenvalue weighted by molar-refractivity contribution is 6.11. The molecule has 0 fully saturated rings. The van der Waals surface area contributed by atoms with Gasteiger partial charge >= 0.3 is 0 Å². The van der Waals surface area contributed by atoms with E-state index in [0.29, 0.717) is 17.7 Å². The van der Waals surface area contributed by atoms with Gasteiger partial charge in [-0.3, -0.25) is 4.79 Å². The van der Waals surface area contributed by atoms with Crippen molar-refractivity contribution in [3.63, 3.8) is 0 Å². The van der Waals surface area contributed by atoms with Crippen LogP contribution in [-0.4, -0.2) is 27.8 Å². The molecule has 2 unspecified atom stereocenters. The molecule has 4 rings (SSSR count). The Kier molecular flexibility index (Phi) is 3.92. The van der Waals surface area contributed by atoms with E-state index in [1.54, 1.807) is 0 Å². The van der Waals surface area contributed by atoms with E-state index < -0.39 is 11.5 Å². The fourth-order valence-corrected chi connectivity index (χ4v) is 4.47. The maximum atomic E-state index is 13.6. The van der Waals surface area contributed by atoms with E-state index in [-0.39, 0.29) is 23.8 Å². The molecule has 0 saturated heterocycles. The lowest BCUT2D eigenvalue weighted by Crippen LogP contribution is -2.40. The number of para-hydroxylation sites is 1. The van der Waals surface area contributed by atoms with E-state index in [1.165, 1.54) is 12.1 Å². The molecular formula is C21H23NO4. The Bertz CT molecular complexity index is 878. The summed E-state index contributed by atoms with van der Waals surface area (Å²) >= 11 is 0. The minimum atomic E-state index is -0.997. The van der Waals surface area contributed by atoms with Gasteiger partial charge in [-0.25, -0.2) is 0 Å². The Morgan fingerprint density at radius 2 is 1.85 bits per heavy atom. The van der Waals surface area contributed by atoms with Gasteiger partial charge in [0, 0.05) is 18.7 Å². The normalized spacial score (nSPS) is 23.5. The number of benzene rings is 2. The highest BCUT2D eigenvalue weighted by Crippen LogP contribution is 2.57. The number of carbonyl (C=O) groups is 1. The largest absolute Gasteiger partial charge is 0.504 e. The number of fused-ring (bicyclic) bond motifs is 4. The quantitative estimate of drug-likeness (QED) is 0.582. The van der Waals surface area contributed by atoms with Gasteiger partial charge in [-0.15, -0.1) is 0 Å². The summed E-state index contributed by atoms with van der Waals surface area (Å²) in [6, 6.07) is 10.5. The number of aromatic hydroxyl groups is 2. The molecule has 1 amide bonds. The predicted molar refractivity (Wildman–Crippen MR) is 98.4 cm³/mol.